The van der Waals surface area contributed by atoms with E-state index in [0.717, 1.165) is 5.56 Å². The zero-order valence-electron chi connectivity index (χ0n) is 12.0. The third kappa shape index (κ3) is 3.56. The first-order chi connectivity index (χ1) is 9.09. The first-order valence-corrected chi connectivity index (χ1v) is 7.04. The molecule has 2 rings (SSSR count). The second-order valence-electron chi connectivity index (χ2n) is 5.64. The summed E-state index contributed by atoms with van der Waals surface area (Å²) >= 11 is 0. The standard InChI is InChI=1S/C16H24O3/c1-11-12(2)15(19-16(17)13(11)3)10-18-9-14-7-5-4-6-8-14/h4-8,11-13,15-17H,9-10H2,1-3H3/t11-,12-,13?,15?,16?/m0/s1. The van der Waals surface area contributed by atoms with E-state index in [0.29, 0.717) is 25.0 Å². The van der Waals surface area contributed by atoms with Crippen molar-refractivity contribution in [1.82, 2.24) is 0 Å². The lowest BCUT2D eigenvalue weighted by Crippen LogP contribution is -2.46. The molecule has 106 valence electrons. The molecule has 5 atom stereocenters. The number of hydrogen-bond donors (Lipinski definition) is 1. The van der Waals surface area contributed by atoms with Gasteiger partial charge in [-0.3, -0.25) is 0 Å². The van der Waals surface area contributed by atoms with Gasteiger partial charge in [-0.15, -0.1) is 0 Å². The fourth-order valence-electron chi connectivity index (χ4n) is 2.56. The molecule has 3 nitrogen and oxygen atoms in total. The fourth-order valence-corrected chi connectivity index (χ4v) is 2.56. The van der Waals surface area contributed by atoms with Crippen molar-refractivity contribution >= 4 is 0 Å². The van der Waals surface area contributed by atoms with Gasteiger partial charge >= 0.3 is 0 Å². The first-order valence-electron chi connectivity index (χ1n) is 7.04. The summed E-state index contributed by atoms with van der Waals surface area (Å²) in [7, 11) is 0. The molecule has 0 spiro atoms. The topological polar surface area (TPSA) is 38.7 Å². The van der Waals surface area contributed by atoms with Crippen LogP contribution < -0.4 is 0 Å². The van der Waals surface area contributed by atoms with E-state index < -0.39 is 6.29 Å². The van der Waals surface area contributed by atoms with Crippen molar-refractivity contribution in [2.24, 2.45) is 17.8 Å². The quantitative estimate of drug-likeness (QED) is 0.909. The molecule has 0 radical (unpaired) electrons. The molecule has 19 heavy (non-hydrogen) atoms. The highest BCUT2D eigenvalue weighted by Gasteiger charge is 2.38. The van der Waals surface area contributed by atoms with Crippen LogP contribution in [0.3, 0.4) is 0 Å². The molecule has 1 aliphatic rings. The lowest BCUT2D eigenvalue weighted by molar-refractivity contribution is -0.236. The molecule has 1 aliphatic heterocycles. The van der Waals surface area contributed by atoms with E-state index in [9.17, 15) is 5.11 Å². The minimum absolute atomic E-state index is 0.0232. The third-order valence-electron chi connectivity index (χ3n) is 4.40. The van der Waals surface area contributed by atoms with Crippen LogP contribution in [0.2, 0.25) is 0 Å². The highest BCUT2D eigenvalue weighted by Crippen LogP contribution is 2.34. The average Bonchev–Trinajstić information content (AvgIpc) is 2.43. The Morgan fingerprint density at radius 1 is 1.05 bits per heavy atom. The van der Waals surface area contributed by atoms with Crippen LogP contribution in [0.1, 0.15) is 26.3 Å². The second kappa shape index (κ2) is 6.51. The zero-order chi connectivity index (χ0) is 13.8. The van der Waals surface area contributed by atoms with Crippen molar-refractivity contribution in [3.05, 3.63) is 35.9 Å². The summed E-state index contributed by atoms with van der Waals surface area (Å²) in [5.41, 5.74) is 1.16. The van der Waals surface area contributed by atoms with E-state index in [4.69, 9.17) is 9.47 Å². The van der Waals surface area contributed by atoms with E-state index in [-0.39, 0.29) is 12.0 Å². The Labute approximate surface area is 115 Å². The number of ether oxygens (including phenoxy) is 2. The monoisotopic (exact) mass is 264 g/mol. The lowest BCUT2D eigenvalue weighted by Gasteiger charge is -2.41. The van der Waals surface area contributed by atoms with Gasteiger partial charge in [0.1, 0.15) is 0 Å². The van der Waals surface area contributed by atoms with Gasteiger partial charge in [-0.25, -0.2) is 0 Å². The van der Waals surface area contributed by atoms with Crippen LogP contribution in [-0.4, -0.2) is 24.1 Å². The molecule has 0 amide bonds. The van der Waals surface area contributed by atoms with Crippen molar-refractivity contribution in [2.75, 3.05) is 6.61 Å². The molecular formula is C16H24O3. The highest BCUT2D eigenvalue weighted by atomic mass is 16.6. The smallest absolute Gasteiger partial charge is 0.157 e. The molecular weight excluding hydrogens is 240 g/mol. The van der Waals surface area contributed by atoms with Gasteiger partial charge in [-0.2, -0.15) is 0 Å². The van der Waals surface area contributed by atoms with Crippen LogP contribution in [0.15, 0.2) is 30.3 Å². The van der Waals surface area contributed by atoms with Gasteiger partial charge in [0.15, 0.2) is 6.29 Å². The number of hydrogen-bond acceptors (Lipinski definition) is 3. The lowest BCUT2D eigenvalue weighted by atomic mass is 9.79. The Kier molecular flexibility index (Phi) is 4.97. The van der Waals surface area contributed by atoms with Crippen LogP contribution in [0.4, 0.5) is 0 Å². The van der Waals surface area contributed by atoms with Crippen LogP contribution in [0.25, 0.3) is 0 Å². The molecule has 0 bridgehead atoms. The maximum absolute atomic E-state index is 9.87. The molecule has 0 aliphatic carbocycles. The fraction of sp³-hybridized carbons (Fsp3) is 0.625. The van der Waals surface area contributed by atoms with Gasteiger partial charge in [0.25, 0.3) is 0 Å². The molecule has 0 aromatic heterocycles. The van der Waals surface area contributed by atoms with Crippen molar-refractivity contribution in [3.63, 3.8) is 0 Å². The van der Waals surface area contributed by atoms with Crippen LogP contribution in [0, 0.1) is 17.8 Å². The maximum Gasteiger partial charge on any atom is 0.157 e. The molecule has 3 unspecified atom stereocenters. The molecule has 1 aromatic carbocycles. The molecule has 0 saturated carbocycles. The summed E-state index contributed by atoms with van der Waals surface area (Å²) in [5, 5.41) is 9.87. The summed E-state index contributed by atoms with van der Waals surface area (Å²) in [4.78, 5) is 0. The van der Waals surface area contributed by atoms with E-state index >= 15 is 0 Å². The predicted molar refractivity (Wildman–Crippen MR) is 74.5 cm³/mol. The average molecular weight is 264 g/mol. The van der Waals surface area contributed by atoms with Gasteiger partial charge in [0.2, 0.25) is 0 Å². The van der Waals surface area contributed by atoms with E-state index in [2.05, 4.69) is 13.8 Å². The van der Waals surface area contributed by atoms with Gasteiger partial charge in [-0.05, 0) is 17.4 Å². The van der Waals surface area contributed by atoms with Crippen LogP contribution >= 0.6 is 0 Å². The van der Waals surface area contributed by atoms with Crippen molar-refractivity contribution < 1.29 is 14.6 Å². The molecule has 1 aromatic rings. The summed E-state index contributed by atoms with van der Waals surface area (Å²) in [6.07, 6.45) is -0.693. The third-order valence-corrected chi connectivity index (χ3v) is 4.40. The number of rotatable bonds is 4. The van der Waals surface area contributed by atoms with Crippen molar-refractivity contribution in [3.8, 4) is 0 Å². The summed E-state index contributed by atoms with van der Waals surface area (Å²) in [6.45, 7) is 7.50. The maximum atomic E-state index is 9.87. The Morgan fingerprint density at radius 2 is 1.74 bits per heavy atom. The van der Waals surface area contributed by atoms with E-state index in [1.54, 1.807) is 0 Å². The van der Waals surface area contributed by atoms with Crippen molar-refractivity contribution in [1.29, 1.82) is 0 Å². The first kappa shape index (κ1) is 14.5. The Morgan fingerprint density at radius 3 is 2.42 bits per heavy atom. The Bertz CT molecular complexity index is 379. The largest absolute Gasteiger partial charge is 0.374 e. The summed E-state index contributed by atoms with van der Waals surface area (Å²) in [5.74, 6) is 1.02. The van der Waals surface area contributed by atoms with E-state index in [1.165, 1.54) is 0 Å². The van der Waals surface area contributed by atoms with Crippen LogP contribution in [0.5, 0.6) is 0 Å². The minimum atomic E-state index is -0.670. The number of benzene rings is 1. The summed E-state index contributed by atoms with van der Waals surface area (Å²) in [6, 6.07) is 10.1. The van der Waals surface area contributed by atoms with Gasteiger partial charge in [-0.1, -0.05) is 51.1 Å². The predicted octanol–water partition coefficient (Wildman–Crippen LogP) is 2.83. The minimum Gasteiger partial charge on any atom is -0.374 e. The number of aliphatic hydroxyl groups is 1. The highest BCUT2D eigenvalue weighted by molar-refractivity contribution is 5.13. The normalized spacial score (nSPS) is 35.3. The second-order valence-corrected chi connectivity index (χ2v) is 5.64. The van der Waals surface area contributed by atoms with Gasteiger partial charge < -0.3 is 14.6 Å². The Balaban J connectivity index is 1.82. The molecule has 1 saturated heterocycles. The van der Waals surface area contributed by atoms with Gasteiger partial charge in [0.05, 0.1) is 19.3 Å². The molecule has 3 heteroatoms. The molecule has 1 heterocycles. The van der Waals surface area contributed by atoms with Crippen molar-refractivity contribution in [2.45, 2.75) is 39.8 Å². The summed E-state index contributed by atoms with van der Waals surface area (Å²) < 4.78 is 11.4. The SMILES string of the molecule is CC1C(O)OC(COCc2ccccc2)[C@@H](C)[C@@H]1C. The molecule has 1 fully saturated rings. The van der Waals surface area contributed by atoms with Crippen LogP contribution in [-0.2, 0) is 16.1 Å². The van der Waals surface area contributed by atoms with Gasteiger partial charge in [0, 0.05) is 5.92 Å². The van der Waals surface area contributed by atoms with E-state index in [1.807, 2.05) is 37.3 Å². The Hall–Kier alpha value is -0.900. The number of aliphatic hydroxyl groups excluding tert-OH is 1. The molecule has 1 N–H and O–H groups in total. The zero-order valence-corrected chi connectivity index (χ0v) is 12.0.